The van der Waals surface area contributed by atoms with E-state index in [2.05, 4.69) is 12.2 Å². The first-order chi connectivity index (χ1) is 15.3. The monoisotopic (exact) mass is 444 g/mol. The molecule has 2 amide bonds. The summed E-state index contributed by atoms with van der Waals surface area (Å²) in [6.07, 6.45) is 0.928. The zero-order chi connectivity index (χ0) is 23.0. The Morgan fingerprint density at radius 2 is 1.56 bits per heavy atom. The largest absolute Gasteiger partial charge is 0.350 e. The van der Waals surface area contributed by atoms with Gasteiger partial charge in [-0.1, -0.05) is 54.4 Å². The van der Waals surface area contributed by atoms with Gasteiger partial charge in [0.25, 0.3) is 11.8 Å². The number of halogens is 1. The fourth-order valence-corrected chi connectivity index (χ4v) is 4.27. The second kappa shape index (κ2) is 8.64. The van der Waals surface area contributed by atoms with Crippen molar-refractivity contribution in [2.24, 2.45) is 0 Å². The van der Waals surface area contributed by atoms with Crippen LogP contribution >= 0.6 is 11.6 Å². The van der Waals surface area contributed by atoms with Crippen LogP contribution in [0, 0.1) is 20.8 Å². The Morgan fingerprint density at radius 1 is 0.844 bits per heavy atom. The molecule has 4 rings (SSSR count). The number of rotatable bonds is 5. The van der Waals surface area contributed by atoms with E-state index in [0.717, 1.165) is 34.4 Å². The molecule has 1 N–H and O–H groups in total. The molecule has 4 nitrogen and oxygen atoms in total. The molecule has 1 aliphatic heterocycles. The quantitative estimate of drug-likeness (QED) is 0.475. The van der Waals surface area contributed by atoms with Gasteiger partial charge in [0.15, 0.2) is 0 Å². The van der Waals surface area contributed by atoms with Gasteiger partial charge in [0.2, 0.25) is 0 Å². The minimum Gasteiger partial charge on any atom is -0.350 e. The van der Waals surface area contributed by atoms with Crippen molar-refractivity contribution in [3.05, 3.63) is 99.2 Å². The van der Waals surface area contributed by atoms with E-state index >= 15 is 0 Å². The van der Waals surface area contributed by atoms with Gasteiger partial charge >= 0.3 is 0 Å². The zero-order valence-electron chi connectivity index (χ0n) is 18.6. The summed E-state index contributed by atoms with van der Waals surface area (Å²) in [7, 11) is 0. The lowest BCUT2D eigenvalue weighted by Gasteiger charge is -2.18. The summed E-state index contributed by atoms with van der Waals surface area (Å²) in [5.74, 6) is -0.727. The predicted octanol–water partition coefficient (Wildman–Crippen LogP) is 6.22. The maximum atomic E-state index is 13.7. The van der Waals surface area contributed by atoms with E-state index in [-0.39, 0.29) is 17.5 Å². The number of carbonyl (C=O) groups excluding carboxylic acids is 2. The highest BCUT2D eigenvalue weighted by Crippen LogP contribution is 2.37. The minimum atomic E-state index is -0.380. The number of hydrogen-bond acceptors (Lipinski definition) is 3. The van der Waals surface area contributed by atoms with Gasteiger partial charge in [0.05, 0.1) is 11.3 Å². The Hall–Kier alpha value is -3.37. The number of aryl methyl sites for hydroxylation is 4. The van der Waals surface area contributed by atoms with Gasteiger partial charge < -0.3 is 5.32 Å². The first-order valence-electron chi connectivity index (χ1n) is 10.6. The Bertz CT molecular complexity index is 1260. The van der Waals surface area contributed by atoms with Crippen molar-refractivity contribution in [3.8, 4) is 0 Å². The van der Waals surface area contributed by atoms with Gasteiger partial charge in [0, 0.05) is 10.7 Å². The van der Waals surface area contributed by atoms with Crippen LogP contribution in [0.1, 0.15) is 34.7 Å². The highest BCUT2D eigenvalue weighted by molar-refractivity contribution is 6.46. The highest BCUT2D eigenvalue weighted by atomic mass is 35.5. The summed E-state index contributed by atoms with van der Waals surface area (Å²) in [6, 6.07) is 18.9. The van der Waals surface area contributed by atoms with E-state index in [1.165, 1.54) is 10.5 Å². The zero-order valence-corrected chi connectivity index (χ0v) is 19.4. The van der Waals surface area contributed by atoms with Gasteiger partial charge in [-0.3, -0.25) is 9.59 Å². The molecule has 162 valence electrons. The van der Waals surface area contributed by atoms with Crippen molar-refractivity contribution >= 4 is 40.4 Å². The molecule has 0 unspecified atom stereocenters. The summed E-state index contributed by atoms with van der Waals surface area (Å²) in [4.78, 5) is 28.5. The molecule has 0 radical (unpaired) electrons. The number of carbonyl (C=O) groups is 2. The minimum absolute atomic E-state index is 0.278. The molecule has 32 heavy (non-hydrogen) atoms. The molecule has 0 saturated carbocycles. The topological polar surface area (TPSA) is 49.4 Å². The molecule has 3 aromatic rings. The van der Waals surface area contributed by atoms with E-state index < -0.39 is 0 Å². The molecule has 3 aromatic carbocycles. The Kier molecular flexibility index (Phi) is 5.90. The van der Waals surface area contributed by atoms with Crippen molar-refractivity contribution in [2.75, 3.05) is 10.2 Å². The predicted molar refractivity (Wildman–Crippen MR) is 131 cm³/mol. The van der Waals surface area contributed by atoms with Crippen LogP contribution in [-0.2, 0) is 16.0 Å². The third-order valence-electron chi connectivity index (χ3n) is 5.77. The maximum absolute atomic E-state index is 13.7. The van der Waals surface area contributed by atoms with Crippen molar-refractivity contribution in [1.82, 2.24) is 0 Å². The molecule has 1 aliphatic rings. The van der Waals surface area contributed by atoms with Gasteiger partial charge in [0.1, 0.15) is 5.70 Å². The summed E-state index contributed by atoms with van der Waals surface area (Å²) < 4.78 is 0. The van der Waals surface area contributed by atoms with Crippen LogP contribution in [0.4, 0.5) is 11.4 Å². The molecule has 0 spiro atoms. The molecule has 0 atom stereocenters. The number of imide groups is 1. The normalized spacial score (nSPS) is 13.8. The van der Waals surface area contributed by atoms with Crippen LogP contribution in [0.15, 0.2) is 66.4 Å². The average molecular weight is 445 g/mol. The van der Waals surface area contributed by atoms with E-state index in [4.69, 9.17) is 11.6 Å². The van der Waals surface area contributed by atoms with Crippen molar-refractivity contribution in [2.45, 2.75) is 34.1 Å². The number of nitrogens with zero attached hydrogens (tertiary/aromatic N) is 1. The number of hydrogen-bond donors (Lipinski definition) is 1. The number of amides is 2. The number of anilines is 2. The fourth-order valence-electron chi connectivity index (χ4n) is 4.05. The SMILES string of the molecule is CCc1ccc(NC2=C(c3ccc(C)cc3C)C(=O)N(c3ccc(Cl)cc3C)C2=O)cc1. The third-order valence-corrected chi connectivity index (χ3v) is 6.00. The molecule has 1 heterocycles. The Morgan fingerprint density at radius 3 is 2.19 bits per heavy atom. The second-order valence-corrected chi connectivity index (χ2v) is 8.56. The first-order valence-corrected chi connectivity index (χ1v) is 11.0. The van der Waals surface area contributed by atoms with Crippen LogP contribution in [0.2, 0.25) is 5.02 Å². The van der Waals surface area contributed by atoms with E-state index in [9.17, 15) is 9.59 Å². The lowest BCUT2D eigenvalue weighted by Crippen LogP contribution is -2.33. The lowest BCUT2D eigenvalue weighted by molar-refractivity contribution is -0.120. The highest BCUT2D eigenvalue weighted by Gasteiger charge is 2.41. The Labute approximate surface area is 193 Å². The van der Waals surface area contributed by atoms with Crippen LogP contribution in [0.3, 0.4) is 0 Å². The standard InChI is InChI=1S/C27H25ClN2O2/c1-5-19-7-10-21(11-8-19)29-25-24(22-12-6-16(2)14-17(22)3)26(31)30(27(25)32)23-13-9-20(28)15-18(23)4/h6-15,29H,5H2,1-4H3. The van der Waals surface area contributed by atoms with E-state index in [1.807, 2.05) is 63.2 Å². The van der Waals surface area contributed by atoms with Gasteiger partial charge in [-0.15, -0.1) is 0 Å². The molecule has 0 aliphatic carbocycles. The summed E-state index contributed by atoms with van der Waals surface area (Å²) in [5.41, 5.74) is 6.69. The number of benzene rings is 3. The molecule has 0 fully saturated rings. The van der Waals surface area contributed by atoms with Crippen LogP contribution in [0.25, 0.3) is 5.57 Å². The average Bonchev–Trinajstić information content (AvgIpc) is 2.99. The lowest BCUT2D eigenvalue weighted by atomic mass is 9.97. The fraction of sp³-hybridized carbons (Fsp3) is 0.185. The molecule has 5 heteroatoms. The Balaban J connectivity index is 1.85. The molecule has 0 bridgehead atoms. The maximum Gasteiger partial charge on any atom is 0.282 e. The first kappa shape index (κ1) is 21.8. The molecular formula is C27H25ClN2O2. The third kappa shape index (κ3) is 3.94. The van der Waals surface area contributed by atoms with E-state index in [1.54, 1.807) is 18.2 Å². The van der Waals surface area contributed by atoms with Crippen LogP contribution < -0.4 is 10.2 Å². The molecule has 0 aromatic heterocycles. The summed E-state index contributed by atoms with van der Waals surface area (Å²) >= 11 is 6.11. The molecular weight excluding hydrogens is 420 g/mol. The van der Waals surface area contributed by atoms with E-state index in [0.29, 0.717) is 16.3 Å². The van der Waals surface area contributed by atoms with Crippen molar-refractivity contribution in [3.63, 3.8) is 0 Å². The van der Waals surface area contributed by atoms with Gasteiger partial charge in [-0.05, 0) is 79.8 Å². The summed E-state index contributed by atoms with van der Waals surface area (Å²) in [5, 5.41) is 3.79. The van der Waals surface area contributed by atoms with Crippen molar-refractivity contribution < 1.29 is 9.59 Å². The van der Waals surface area contributed by atoms with Gasteiger partial charge in [-0.25, -0.2) is 4.90 Å². The molecule has 0 saturated heterocycles. The smallest absolute Gasteiger partial charge is 0.282 e. The number of nitrogens with one attached hydrogen (secondary N) is 1. The van der Waals surface area contributed by atoms with Crippen molar-refractivity contribution in [1.29, 1.82) is 0 Å². The van der Waals surface area contributed by atoms with Crippen LogP contribution in [-0.4, -0.2) is 11.8 Å². The van der Waals surface area contributed by atoms with Crippen LogP contribution in [0.5, 0.6) is 0 Å². The van der Waals surface area contributed by atoms with Gasteiger partial charge in [-0.2, -0.15) is 0 Å². The second-order valence-electron chi connectivity index (χ2n) is 8.12. The summed E-state index contributed by atoms with van der Waals surface area (Å²) in [6.45, 7) is 7.89.